The first-order valence-electron chi connectivity index (χ1n) is 13.2. The first-order chi connectivity index (χ1) is 17.2. The number of para-hydroxylation sites is 1. The van der Waals surface area contributed by atoms with Crippen LogP contribution in [0.3, 0.4) is 0 Å². The predicted molar refractivity (Wildman–Crippen MR) is 139 cm³/mol. The molecule has 3 aliphatic rings. The van der Waals surface area contributed by atoms with Crippen LogP contribution in [0.2, 0.25) is 0 Å². The van der Waals surface area contributed by atoms with Crippen molar-refractivity contribution >= 4 is 17.5 Å². The van der Waals surface area contributed by atoms with Crippen LogP contribution in [0, 0.1) is 19.3 Å². The van der Waals surface area contributed by atoms with Crippen LogP contribution >= 0.6 is 0 Å². The maximum atomic E-state index is 13.0. The molecule has 0 unspecified atom stereocenters. The number of hydrogen-bond acceptors (Lipinski definition) is 6. The summed E-state index contributed by atoms with van der Waals surface area (Å²) in [7, 11) is 0. The van der Waals surface area contributed by atoms with E-state index in [2.05, 4.69) is 31.3 Å². The molecule has 2 aliphatic heterocycles. The van der Waals surface area contributed by atoms with Gasteiger partial charge in [-0.3, -0.25) is 15.0 Å². The molecule has 0 radical (unpaired) electrons. The minimum atomic E-state index is -0.245. The molecule has 2 heterocycles. The van der Waals surface area contributed by atoms with Crippen LogP contribution in [0.5, 0.6) is 5.75 Å². The van der Waals surface area contributed by atoms with Crippen LogP contribution in [-0.2, 0) is 14.3 Å². The number of aryl methyl sites for hydroxylation is 2. The normalized spacial score (nSPS) is 23.1. The maximum absolute atomic E-state index is 13.0. The van der Waals surface area contributed by atoms with E-state index >= 15 is 0 Å². The number of morpholine rings is 1. The third kappa shape index (κ3) is 6.09. The number of benzene rings is 1. The molecule has 0 saturated carbocycles. The molecular formula is C28H40N4O4. The van der Waals surface area contributed by atoms with Gasteiger partial charge in [0.1, 0.15) is 17.6 Å². The minimum Gasteiger partial charge on any atom is -0.490 e. The smallest absolute Gasteiger partial charge is 0.272 e. The van der Waals surface area contributed by atoms with Crippen molar-refractivity contribution in [3.63, 3.8) is 0 Å². The molecule has 2 saturated heterocycles. The van der Waals surface area contributed by atoms with Crippen LogP contribution in [0.25, 0.3) is 0 Å². The molecule has 8 heteroatoms. The van der Waals surface area contributed by atoms with Gasteiger partial charge in [0.15, 0.2) is 0 Å². The Bertz CT molecular complexity index is 998. The van der Waals surface area contributed by atoms with Gasteiger partial charge in [0, 0.05) is 50.3 Å². The zero-order chi connectivity index (χ0) is 25.8. The number of piperidine rings is 1. The summed E-state index contributed by atoms with van der Waals surface area (Å²) in [6.45, 7) is 10.6. The summed E-state index contributed by atoms with van der Waals surface area (Å²) >= 11 is 0. The zero-order valence-electron chi connectivity index (χ0n) is 22.1. The van der Waals surface area contributed by atoms with Crippen LogP contribution in [0.15, 0.2) is 29.5 Å². The lowest BCUT2D eigenvalue weighted by Gasteiger charge is -2.35. The van der Waals surface area contributed by atoms with Crippen molar-refractivity contribution in [1.29, 1.82) is 5.41 Å². The molecule has 2 fully saturated rings. The SMILES string of the molecule is Cc1cccc(C)c1OC1CCN(C(=O)CNC2=C(C(=N)C(=O)N3C[C@@H](C)O[C@@H](C)C3)CCC2)CC1. The Kier molecular flexibility index (Phi) is 8.34. The van der Waals surface area contributed by atoms with Crippen molar-refractivity contribution in [1.82, 2.24) is 15.1 Å². The van der Waals surface area contributed by atoms with E-state index in [0.29, 0.717) is 32.6 Å². The second-order valence-electron chi connectivity index (χ2n) is 10.4. The number of allylic oxidation sites excluding steroid dienone is 1. The number of hydrogen-bond donors (Lipinski definition) is 2. The molecule has 2 atom stereocenters. The Balaban J connectivity index is 1.28. The van der Waals surface area contributed by atoms with E-state index in [1.807, 2.05) is 24.8 Å². The summed E-state index contributed by atoms with van der Waals surface area (Å²) in [6, 6.07) is 6.17. The molecule has 0 spiro atoms. The number of rotatable bonds is 7. The van der Waals surface area contributed by atoms with Crippen molar-refractivity contribution in [2.75, 3.05) is 32.7 Å². The topological polar surface area (TPSA) is 95.0 Å². The molecule has 1 aromatic carbocycles. The third-order valence-corrected chi connectivity index (χ3v) is 7.38. The quantitative estimate of drug-likeness (QED) is 0.565. The van der Waals surface area contributed by atoms with Gasteiger partial charge in [0.25, 0.3) is 5.91 Å². The van der Waals surface area contributed by atoms with Gasteiger partial charge >= 0.3 is 0 Å². The van der Waals surface area contributed by atoms with Crippen LogP contribution in [0.4, 0.5) is 0 Å². The highest BCUT2D eigenvalue weighted by molar-refractivity contribution is 6.44. The molecule has 36 heavy (non-hydrogen) atoms. The summed E-state index contributed by atoms with van der Waals surface area (Å²) < 4.78 is 12.0. The molecule has 1 aromatic rings. The van der Waals surface area contributed by atoms with Crippen molar-refractivity contribution in [3.8, 4) is 5.75 Å². The second-order valence-corrected chi connectivity index (χ2v) is 10.4. The maximum Gasteiger partial charge on any atom is 0.272 e. The zero-order valence-corrected chi connectivity index (χ0v) is 22.1. The number of amides is 2. The lowest BCUT2D eigenvalue weighted by molar-refractivity contribution is -0.136. The van der Waals surface area contributed by atoms with Crippen molar-refractivity contribution < 1.29 is 19.1 Å². The fraction of sp³-hybridized carbons (Fsp3) is 0.607. The lowest BCUT2D eigenvalue weighted by atomic mass is 10.1. The van der Waals surface area contributed by atoms with Crippen LogP contribution in [0.1, 0.15) is 57.1 Å². The Morgan fingerprint density at radius 1 is 1.06 bits per heavy atom. The van der Waals surface area contributed by atoms with Gasteiger partial charge in [-0.15, -0.1) is 0 Å². The molecule has 2 N–H and O–H groups in total. The predicted octanol–water partition coefficient (Wildman–Crippen LogP) is 3.36. The number of nitrogens with one attached hydrogen (secondary N) is 2. The van der Waals surface area contributed by atoms with E-state index in [0.717, 1.165) is 53.8 Å². The molecule has 2 amide bonds. The first-order valence-corrected chi connectivity index (χ1v) is 13.2. The van der Waals surface area contributed by atoms with Gasteiger partial charge in [-0.1, -0.05) is 18.2 Å². The molecule has 196 valence electrons. The van der Waals surface area contributed by atoms with Gasteiger partial charge in [-0.25, -0.2) is 0 Å². The first kappa shape index (κ1) is 26.2. The summed E-state index contributed by atoms with van der Waals surface area (Å²) in [4.78, 5) is 29.5. The highest BCUT2D eigenvalue weighted by Gasteiger charge is 2.32. The van der Waals surface area contributed by atoms with Gasteiger partial charge in [0.2, 0.25) is 5.91 Å². The monoisotopic (exact) mass is 496 g/mol. The number of likely N-dealkylation sites (tertiary alicyclic amines) is 1. The average Bonchev–Trinajstić information content (AvgIpc) is 3.32. The third-order valence-electron chi connectivity index (χ3n) is 7.38. The average molecular weight is 497 g/mol. The summed E-state index contributed by atoms with van der Waals surface area (Å²) in [6.07, 6.45) is 4.01. The van der Waals surface area contributed by atoms with Crippen molar-refractivity contribution in [3.05, 3.63) is 40.6 Å². The fourth-order valence-electron chi connectivity index (χ4n) is 5.51. The van der Waals surface area contributed by atoms with E-state index in [1.165, 1.54) is 0 Å². The second kappa shape index (κ2) is 11.5. The van der Waals surface area contributed by atoms with Gasteiger partial charge in [0.05, 0.1) is 18.8 Å². The standard InChI is InChI=1S/C28H40N4O4/c1-18-7-5-8-19(2)27(18)36-22-11-13-31(14-12-22)25(33)15-30-24-10-6-9-23(24)26(29)28(34)32-16-20(3)35-21(4)17-32/h5,7-8,20-22,29-30H,6,9-17H2,1-4H3/t20-,21+. The van der Waals surface area contributed by atoms with Gasteiger partial charge in [-0.2, -0.15) is 0 Å². The van der Waals surface area contributed by atoms with E-state index in [1.54, 1.807) is 4.90 Å². The molecule has 4 rings (SSSR count). The van der Waals surface area contributed by atoms with Crippen LogP contribution < -0.4 is 10.1 Å². The highest BCUT2D eigenvalue weighted by atomic mass is 16.5. The number of nitrogens with zero attached hydrogens (tertiary/aromatic N) is 2. The minimum absolute atomic E-state index is 0.0337. The van der Waals surface area contributed by atoms with Gasteiger partial charge < -0.3 is 24.6 Å². The fourth-order valence-corrected chi connectivity index (χ4v) is 5.51. The van der Waals surface area contributed by atoms with E-state index < -0.39 is 0 Å². The highest BCUT2D eigenvalue weighted by Crippen LogP contribution is 2.28. The molecular weight excluding hydrogens is 456 g/mol. The Hall–Kier alpha value is -2.87. The number of carbonyl (C=O) groups excluding carboxylic acids is 2. The van der Waals surface area contributed by atoms with Gasteiger partial charge in [-0.05, 0) is 58.1 Å². The molecule has 1 aliphatic carbocycles. The summed E-state index contributed by atoms with van der Waals surface area (Å²) in [5.74, 6) is 0.765. The molecule has 0 bridgehead atoms. The number of carbonyl (C=O) groups is 2. The van der Waals surface area contributed by atoms with E-state index in [9.17, 15) is 9.59 Å². The van der Waals surface area contributed by atoms with Crippen LogP contribution in [-0.4, -0.2) is 78.4 Å². The molecule has 8 nitrogen and oxygen atoms in total. The Labute approximate surface area is 214 Å². The number of ether oxygens (including phenoxy) is 2. The summed E-state index contributed by atoms with van der Waals surface area (Å²) in [5, 5.41) is 11.8. The van der Waals surface area contributed by atoms with Crippen molar-refractivity contribution in [2.24, 2.45) is 0 Å². The Morgan fingerprint density at radius 3 is 2.33 bits per heavy atom. The Morgan fingerprint density at radius 2 is 1.69 bits per heavy atom. The molecule has 0 aromatic heterocycles. The van der Waals surface area contributed by atoms with E-state index in [4.69, 9.17) is 14.9 Å². The van der Waals surface area contributed by atoms with E-state index in [-0.39, 0.29) is 42.4 Å². The summed E-state index contributed by atoms with van der Waals surface area (Å²) in [5.41, 5.74) is 3.94. The largest absolute Gasteiger partial charge is 0.490 e. The lowest BCUT2D eigenvalue weighted by Crippen LogP contribution is -2.50. The van der Waals surface area contributed by atoms with Crippen molar-refractivity contribution in [2.45, 2.75) is 78.1 Å².